The number of aryl methyl sites for hydroxylation is 2. The fourth-order valence-corrected chi connectivity index (χ4v) is 5.11. The molecule has 0 saturated heterocycles. The molecule has 5 rings (SSSR count). The second-order valence-corrected chi connectivity index (χ2v) is 10.9. The van der Waals surface area contributed by atoms with Gasteiger partial charge in [-0.05, 0) is 57.1 Å². The number of hydrogen-bond acceptors (Lipinski definition) is 8. The molecule has 1 fully saturated rings. The number of benzene rings is 1. The number of alkyl halides is 3. The normalized spacial score (nSPS) is 14.5. The first-order valence-corrected chi connectivity index (χ1v) is 13.7. The molecule has 3 aromatic heterocycles. The molecule has 4 aromatic rings. The molecule has 0 aliphatic heterocycles. The van der Waals surface area contributed by atoms with Crippen LogP contribution in [0.1, 0.15) is 61.3 Å². The van der Waals surface area contributed by atoms with Crippen molar-refractivity contribution >= 4 is 28.7 Å². The number of fused-ring (bicyclic) bond motifs is 1. The van der Waals surface area contributed by atoms with Gasteiger partial charge >= 0.3 is 6.18 Å². The first-order chi connectivity index (χ1) is 18.6. The first-order valence-electron chi connectivity index (χ1n) is 12.7. The van der Waals surface area contributed by atoms with Crippen LogP contribution in [0.15, 0.2) is 40.3 Å². The van der Waals surface area contributed by atoms with E-state index < -0.39 is 17.8 Å². The average molecular weight is 556 g/mol. The molecular weight excluding hydrogens is 527 g/mol. The van der Waals surface area contributed by atoms with Crippen molar-refractivity contribution < 1.29 is 13.2 Å². The molecule has 1 saturated carbocycles. The van der Waals surface area contributed by atoms with E-state index in [1.165, 1.54) is 6.33 Å². The van der Waals surface area contributed by atoms with E-state index in [1.807, 2.05) is 24.3 Å². The highest BCUT2D eigenvalue weighted by Crippen LogP contribution is 2.43. The van der Waals surface area contributed by atoms with E-state index in [0.717, 1.165) is 41.7 Å². The first kappa shape index (κ1) is 27.0. The van der Waals surface area contributed by atoms with E-state index >= 15 is 0 Å². The molecule has 1 unspecified atom stereocenters. The van der Waals surface area contributed by atoms with Gasteiger partial charge in [-0.15, -0.1) is 11.8 Å². The van der Waals surface area contributed by atoms with Gasteiger partial charge in [0.15, 0.2) is 17.3 Å². The zero-order valence-electron chi connectivity index (χ0n) is 22.0. The minimum atomic E-state index is -4.69. The van der Waals surface area contributed by atoms with Gasteiger partial charge in [0, 0.05) is 17.4 Å². The van der Waals surface area contributed by atoms with Gasteiger partial charge in [-0.25, -0.2) is 24.9 Å². The van der Waals surface area contributed by atoms with Crippen molar-refractivity contribution in [3.05, 3.63) is 63.6 Å². The van der Waals surface area contributed by atoms with Gasteiger partial charge in [0.05, 0.1) is 22.6 Å². The summed E-state index contributed by atoms with van der Waals surface area (Å²) in [7, 11) is 0. The molecule has 0 radical (unpaired) electrons. The molecule has 0 spiro atoms. The predicted octanol–water partition coefficient (Wildman–Crippen LogP) is 5.99. The Labute approximate surface area is 227 Å². The highest BCUT2D eigenvalue weighted by Gasteiger charge is 2.40. The van der Waals surface area contributed by atoms with Gasteiger partial charge in [-0.2, -0.15) is 13.2 Å². The van der Waals surface area contributed by atoms with Crippen LogP contribution in [0.25, 0.3) is 22.6 Å². The molecule has 8 nitrogen and oxygen atoms in total. The van der Waals surface area contributed by atoms with Crippen LogP contribution in [0, 0.1) is 13.8 Å². The summed E-state index contributed by atoms with van der Waals surface area (Å²) in [6.07, 6.45) is -1.30. The summed E-state index contributed by atoms with van der Waals surface area (Å²) in [6.45, 7) is 6.66. The van der Waals surface area contributed by atoms with Crippen LogP contribution in [0.4, 0.5) is 19.0 Å². The van der Waals surface area contributed by atoms with Crippen LogP contribution in [-0.4, -0.2) is 41.4 Å². The second-order valence-electron chi connectivity index (χ2n) is 9.58. The summed E-state index contributed by atoms with van der Waals surface area (Å²) in [5.41, 5.74) is 2.24. The van der Waals surface area contributed by atoms with Gasteiger partial charge < -0.3 is 5.32 Å². The van der Waals surface area contributed by atoms with E-state index in [0.29, 0.717) is 21.5 Å². The lowest BCUT2D eigenvalue weighted by Gasteiger charge is -2.22. The number of rotatable bonds is 8. The number of anilines is 1. The summed E-state index contributed by atoms with van der Waals surface area (Å²) in [5, 5.41) is 2.94. The van der Waals surface area contributed by atoms with Gasteiger partial charge in [0.1, 0.15) is 17.9 Å². The monoisotopic (exact) mass is 555 g/mol. The Kier molecular flexibility index (Phi) is 7.32. The summed E-state index contributed by atoms with van der Waals surface area (Å²) in [4.78, 5) is 36.8. The predicted molar refractivity (Wildman–Crippen MR) is 145 cm³/mol. The van der Waals surface area contributed by atoms with Gasteiger partial charge in [0.2, 0.25) is 0 Å². The number of halogens is 3. The van der Waals surface area contributed by atoms with Crippen LogP contribution >= 0.6 is 11.8 Å². The average Bonchev–Trinajstić information content (AvgIpc) is 3.73. The van der Waals surface area contributed by atoms with E-state index in [-0.39, 0.29) is 35.3 Å². The number of hydrogen-bond donors (Lipinski definition) is 1. The molecule has 39 heavy (non-hydrogen) atoms. The standard InChI is InChI=1S/C27H28F3N7OS/c1-5-39-19-10-6-17(7-11-19)12-31-24-26(38)37(16(4)27(28,29)30)25-21(35-24)15(3)34-23(36-25)20-14(2)32-13-33-22(20)18-8-9-18/h6-7,10-11,13,16,18H,5,8-9,12H2,1-4H3,(H,31,35). The Bertz CT molecular complexity index is 1580. The Morgan fingerprint density at radius 1 is 1.08 bits per heavy atom. The van der Waals surface area contributed by atoms with E-state index in [9.17, 15) is 18.0 Å². The van der Waals surface area contributed by atoms with E-state index in [2.05, 4.69) is 37.2 Å². The third kappa shape index (κ3) is 5.47. The highest BCUT2D eigenvalue weighted by atomic mass is 32.2. The minimum Gasteiger partial charge on any atom is -0.361 e. The van der Waals surface area contributed by atoms with Crippen molar-refractivity contribution in [1.29, 1.82) is 0 Å². The van der Waals surface area contributed by atoms with Crippen molar-refractivity contribution in [2.75, 3.05) is 11.1 Å². The van der Waals surface area contributed by atoms with E-state index in [1.54, 1.807) is 25.6 Å². The lowest BCUT2D eigenvalue weighted by Crippen LogP contribution is -2.35. The number of thioether (sulfide) groups is 1. The Morgan fingerprint density at radius 2 is 1.79 bits per heavy atom. The van der Waals surface area contributed by atoms with Gasteiger partial charge in [-0.3, -0.25) is 9.36 Å². The Balaban J connectivity index is 1.63. The molecule has 1 atom stereocenters. The van der Waals surface area contributed by atoms with Crippen molar-refractivity contribution in [3.63, 3.8) is 0 Å². The minimum absolute atomic E-state index is 0.120. The van der Waals surface area contributed by atoms with Crippen LogP contribution in [-0.2, 0) is 6.54 Å². The fraction of sp³-hybridized carbons (Fsp3) is 0.407. The molecule has 204 valence electrons. The van der Waals surface area contributed by atoms with Crippen LogP contribution < -0.4 is 10.9 Å². The van der Waals surface area contributed by atoms with Crippen LogP contribution in [0.5, 0.6) is 0 Å². The number of aromatic nitrogens is 6. The molecule has 1 aliphatic carbocycles. The maximum absolute atomic E-state index is 14.0. The third-order valence-corrected chi connectivity index (χ3v) is 7.62. The molecule has 1 N–H and O–H groups in total. The van der Waals surface area contributed by atoms with Crippen molar-refractivity contribution in [1.82, 2.24) is 29.5 Å². The zero-order valence-corrected chi connectivity index (χ0v) is 22.8. The van der Waals surface area contributed by atoms with Crippen LogP contribution in [0.3, 0.4) is 0 Å². The summed E-state index contributed by atoms with van der Waals surface area (Å²) < 4.78 is 42.7. The SMILES string of the molecule is CCSc1ccc(CNc2nc3c(C)nc(-c4c(C)ncnc4C4CC4)nc3n(C(C)C(F)(F)F)c2=O)cc1. The largest absolute Gasteiger partial charge is 0.409 e. The van der Waals surface area contributed by atoms with Crippen LogP contribution in [0.2, 0.25) is 0 Å². The Hall–Kier alpha value is -3.54. The maximum Gasteiger partial charge on any atom is 0.409 e. The summed E-state index contributed by atoms with van der Waals surface area (Å²) in [6, 6.07) is 5.61. The lowest BCUT2D eigenvalue weighted by atomic mass is 10.1. The summed E-state index contributed by atoms with van der Waals surface area (Å²) in [5.74, 6) is 1.17. The molecule has 12 heteroatoms. The smallest absolute Gasteiger partial charge is 0.361 e. The molecular formula is C27H28F3N7OS. The molecule has 0 amide bonds. The Morgan fingerprint density at radius 3 is 2.44 bits per heavy atom. The highest BCUT2D eigenvalue weighted by molar-refractivity contribution is 7.99. The zero-order chi connectivity index (χ0) is 27.9. The fourth-order valence-electron chi connectivity index (χ4n) is 4.44. The molecule has 1 aliphatic rings. The molecule has 3 heterocycles. The third-order valence-electron chi connectivity index (χ3n) is 6.72. The number of nitrogens with zero attached hydrogens (tertiary/aromatic N) is 6. The number of nitrogens with one attached hydrogen (secondary N) is 1. The van der Waals surface area contributed by atoms with Gasteiger partial charge in [0.25, 0.3) is 5.56 Å². The van der Waals surface area contributed by atoms with Gasteiger partial charge in [-0.1, -0.05) is 19.1 Å². The maximum atomic E-state index is 14.0. The molecule has 0 bridgehead atoms. The van der Waals surface area contributed by atoms with Crippen molar-refractivity contribution in [2.45, 2.75) is 70.1 Å². The molecule has 1 aromatic carbocycles. The topological polar surface area (TPSA) is 98.5 Å². The second kappa shape index (κ2) is 10.6. The van der Waals surface area contributed by atoms with Crippen molar-refractivity contribution in [2.24, 2.45) is 0 Å². The summed E-state index contributed by atoms with van der Waals surface area (Å²) >= 11 is 1.70. The quantitative estimate of drug-likeness (QED) is 0.265. The van der Waals surface area contributed by atoms with E-state index in [4.69, 9.17) is 0 Å². The van der Waals surface area contributed by atoms with Crippen molar-refractivity contribution in [3.8, 4) is 11.4 Å². The lowest BCUT2D eigenvalue weighted by molar-refractivity contribution is -0.162.